The van der Waals surface area contributed by atoms with Crippen LogP contribution in [0.5, 0.6) is 0 Å². The van der Waals surface area contributed by atoms with Gasteiger partial charge in [-0.05, 0) is 17.7 Å². The average Bonchev–Trinajstić information content (AvgIpc) is 3.12. The van der Waals surface area contributed by atoms with Gasteiger partial charge in [0.25, 0.3) is 0 Å². The number of benzene rings is 1. The molecule has 0 bridgehead atoms. The van der Waals surface area contributed by atoms with Gasteiger partial charge in [-0.15, -0.1) is 0 Å². The summed E-state index contributed by atoms with van der Waals surface area (Å²) in [6.07, 6.45) is 18.8. The molecule has 4 rings (SSSR count). The van der Waals surface area contributed by atoms with Crippen molar-refractivity contribution in [3.05, 3.63) is 50.5 Å². The normalized spacial score (nSPS) is 18.6. The molecule has 0 spiro atoms. The van der Waals surface area contributed by atoms with E-state index in [2.05, 4.69) is 128 Å². The number of aromatic nitrogens is 2. The third-order valence-electron chi connectivity index (χ3n) is 5.93. The van der Waals surface area contributed by atoms with E-state index < -0.39 is 0 Å². The average molecular weight is 865 g/mol. The third-order valence-corrected chi connectivity index (χ3v) is 8.32. The van der Waals surface area contributed by atoms with E-state index in [1.54, 1.807) is 0 Å². The Morgan fingerprint density at radius 1 is 0.828 bits per heavy atom. The van der Waals surface area contributed by atoms with Crippen LogP contribution >= 0.6 is 61.7 Å². The molecule has 0 amide bonds. The summed E-state index contributed by atoms with van der Waals surface area (Å²) in [5.41, 5.74) is 1.33. The molecule has 0 aliphatic heterocycles. The van der Waals surface area contributed by atoms with E-state index in [1.807, 2.05) is 0 Å². The first-order chi connectivity index (χ1) is 14.0. The molecule has 0 N–H and O–H groups in total. The van der Waals surface area contributed by atoms with E-state index in [9.17, 15) is 0 Å². The van der Waals surface area contributed by atoms with Crippen LogP contribution in [0.4, 0.5) is 0 Å². The summed E-state index contributed by atoms with van der Waals surface area (Å²) in [5.74, 6) is 0. The Labute approximate surface area is 222 Å². The summed E-state index contributed by atoms with van der Waals surface area (Å²) in [6, 6.07) is 9.91. The molecule has 2 aromatic rings. The molecular weight excluding hydrogens is 835 g/mol. The molecule has 0 saturated heterocycles. The minimum atomic E-state index is 0.774. The number of hydrogen-bond acceptors (Lipinski definition) is 1. The van der Waals surface area contributed by atoms with Gasteiger partial charge in [-0.25, -0.2) is 0 Å². The number of hydrogen-bond donors (Lipinski definition) is 0. The topological polar surface area (TPSA) is 13.1 Å². The summed E-state index contributed by atoms with van der Waals surface area (Å²) < 4.78 is 9.80. The van der Waals surface area contributed by atoms with Crippen molar-refractivity contribution in [1.29, 1.82) is 0 Å². The van der Waals surface area contributed by atoms with Crippen molar-refractivity contribution in [2.45, 2.75) is 82.8 Å². The molecule has 7 heteroatoms. The summed E-state index contributed by atoms with van der Waals surface area (Å²) in [7, 11) is 0. The Kier molecular flexibility index (Phi) is 11.0. The molecule has 0 atom stereocenters. The van der Waals surface area contributed by atoms with E-state index in [0.29, 0.717) is 0 Å². The van der Waals surface area contributed by atoms with Crippen LogP contribution in [0.25, 0.3) is 0 Å². The number of rotatable bonds is 4. The molecule has 0 unspecified atom stereocenters. The van der Waals surface area contributed by atoms with Crippen LogP contribution in [0.1, 0.15) is 81.9 Å². The second-order valence-electron chi connectivity index (χ2n) is 8.03. The molecule has 1 aromatic carbocycles. The van der Waals surface area contributed by atoms with Gasteiger partial charge in [0, 0.05) is 56.7 Å². The molecule has 2 saturated carbocycles. The van der Waals surface area contributed by atoms with Crippen LogP contribution in [-0.4, -0.2) is 10.5 Å². The second-order valence-corrected chi connectivity index (χ2v) is 14.1. The molecule has 2 fully saturated rings. The van der Waals surface area contributed by atoms with Gasteiger partial charge >= 0.3 is 121 Å². The maximum atomic E-state index is 3.39. The van der Waals surface area contributed by atoms with E-state index in [0.717, 1.165) is 23.1 Å². The van der Waals surface area contributed by atoms with Crippen molar-refractivity contribution in [3.8, 4) is 0 Å². The van der Waals surface area contributed by atoms with Gasteiger partial charge in [-0.3, -0.25) is 0 Å². The van der Waals surface area contributed by atoms with E-state index in [-0.39, 0.29) is 0 Å². The van der Waals surface area contributed by atoms with E-state index in [4.69, 9.17) is 0 Å². The van der Waals surface area contributed by atoms with Gasteiger partial charge in [-0.2, -0.15) is 1.33 Å². The quantitative estimate of drug-likeness (QED) is 0.223. The van der Waals surface area contributed by atoms with Crippen LogP contribution in [0, 0.1) is 3.80 Å². The van der Waals surface area contributed by atoms with Crippen molar-refractivity contribution >= 4 is 61.7 Å². The second kappa shape index (κ2) is 12.9. The molecule has 164 valence electrons. The molecule has 2 aliphatic rings. The van der Waals surface area contributed by atoms with Crippen molar-refractivity contribution < 1.29 is 19.4 Å². The van der Waals surface area contributed by atoms with Gasteiger partial charge in [-0.1, -0.05) is 28.1 Å². The van der Waals surface area contributed by atoms with Gasteiger partial charge in [0.2, 0.25) is 0 Å². The molecule has 3 nitrogen and oxygen atoms in total. The standard InChI is InChI=1S/C15H24N2.C7H6BrI2N.Pt/c1-3-7-14(8-4-1)16-11-12-17(13-16)15-9-5-2-6-10-15;8-7-3-1-6(2-4-7)5-11(9)10;/h11-12,14-15H,1-10H2;1-4H,5H2;. The Morgan fingerprint density at radius 3 is 1.69 bits per heavy atom. The summed E-state index contributed by atoms with van der Waals surface area (Å²) in [6.45, 7) is 0.981. The molecule has 0 radical (unpaired) electrons. The van der Waals surface area contributed by atoms with Crippen LogP contribution in [-0.2, 0) is 25.9 Å². The predicted molar refractivity (Wildman–Crippen MR) is 138 cm³/mol. The first-order valence-corrected chi connectivity index (χ1v) is 14.5. The van der Waals surface area contributed by atoms with Crippen LogP contribution in [0.2, 0.25) is 0 Å². The Bertz CT molecular complexity index is 753. The van der Waals surface area contributed by atoms with Crippen LogP contribution < -0.4 is 0 Å². The molecule has 2 aliphatic carbocycles. The fraction of sp³-hybridized carbons (Fsp3) is 0.591. The Morgan fingerprint density at radius 2 is 1.28 bits per heavy atom. The Balaban J connectivity index is 0.000000188. The fourth-order valence-electron chi connectivity index (χ4n) is 4.36. The Hall–Kier alpha value is 1.02. The van der Waals surface area contributed by atoms with Crippen LogP contribution in [0.3, 0.4) is 0 Å². The zero-order valence-electron chi connectivity index (χ0n) is 16.7. The van der Waals surface area contributed by atoms with Gasteiger partial charge in [0.1, 0.15) is 0 Å². The van der Waals surface area contributed by atoms with Gasteiger partial charge in [0.05, 0.1) is 0 Å². The first kappa shape index (κ1) is 24.7. The van der Waals surface area contributed by atoms with E-state index in [1.165, 1.54) is 73.6 Å². The molecule has 1 heterocycles. The predicted octanol–water partition coefficient (Wildman–Crippen LogP) is 8.33. The number of halogens is 3. The summed E-state index contributed by atoms with van der Waals surface area (Å²) in [4.78, 5) is 0. The maximum absolute atomic E-state index is 3.39. The van der Waals surface area contributed by atoms with Gasteiger partial charge in [0.15, 0.2) is 0 Å². The van der Waals surface area contributed by atoms with Crippen molar-refractivity contribution in [1.82, 2.24) is 10.5 Å². The van der Waals surface area contributed by atoms with E-state index >= 15 is 0 Å². The first-order valence-electron chi connectivity index (χ1n) is 10.6. The monoisotopic (exact) mass is 864 g/mol. The zero-order valence-corrected chi connectivity index (χ0v) is 24.9. The summed E-state index contributed by atoms with van der Waals surface area (Å²) in [5, 5.41) is 0. The van der Waals surface area contributed by atoms with Crippen molar-refractivity contribution in [2.75, 3.05) is 0 Å². The van der Waals surface area contributed by atoms with Crippen LogP contribution in [0.15, 0.2) is 41.1 Å². The number of imidazole rings is 1. The molecule has 29 heavy (non-hydrogen) atoms. The van der Waals surface area contributed by atoms with Crippen molar-refractivity contribution in [3.63, 3.8) is 0 Å². The third kappa shape index (κ3) is 7.83. The van der Waals surface area contributed by atoms with Crippen molar-refractivity contribution in [2.24, 2.45) is 0 Å². The zero-order chi connectivity index (χ0) is 20.6. The minimum absolute atomic E-state index is 0.774. The SMILES string of the molecule is Brc1ccc(CN(I)I)cc1.[Pt]=[c]1n(C2CCCCC2)ccn1C1CCCCC1. The summed E-state index contributed by atoms with van der Waals surface area (Å²) >= 11 is 10.5. The number of nitrogens with zero attached hydrogens (tertiary/aromatic N) is 3. The van der Waals surface area contributed by atoms with Gasteiger partial charge < -0.3 is 0 Å². The molecule has 1 aromatic heterocycles. The fourth-order valence-corrected chi connectivity index (χ4v) is 6.58. The molecular formula is C22H30BrI2N3Pt.